The number of benzene rings is 3. The van der Waals surface area contributed by atoms with E-state index in [1.165, 1.54) is 14.0 Å². The molecule has 1 atom stereocenters. The summed E-state index contributed by atoms with van der Waals surface area (Å²) in [6.45, 7) is 1.82. The molecule has 1 saturated heterocycles. The number of carbonyl (C=O) groups excluding carboxylic acids is 3. The Hall–Kier alpha value is -3.58. The van der Waals surface area contributed by atoms with E-state index in [0.717, 1.165) is 33.0 Å². The number of nitrogens with zero attached hydrogens (tertiary/aromatic N) is 1. The second kappa shape index (κ2) is 9.28. The van der Waals surface area contributed by atoms with Gasteiger partial charge in [0.05, 0.1) is 12.0 Å². The molecule has 0 saturated carbocycles. The van der Waals surface area contributed by atoms with Gasteiger partial charge in [-0.2, -0.15) is 0 Å². The van der Waals surface area contributed by atoms with Crippen LogP contribution in [0.3, 0.4) is 0 Å². The minimum absolute atomic E-state index is 0.229. The van der Waals surface area contributed by atoms with Crippen LogP contribution in [0.1, 0.15) is 18.1 Å². The Kier molecular flexibility index (Phi) is 6.28. The monoisotopic (exact) mass is 447 g/mol. The average molecular weight is 448 g/mol. The number of ether oxygens (including phenoxy) is 2. The van der Waals surface area contributed by atoms with Crippen LogP contribution in [-0.4, -0.2) is 35.2 Å². The maximum Gasteiger partial charge on any atom is 0.328 e. The van der Waals surface area contributed by atoms with E-state index < -0.39 is 23.2 Å². The Labute approximate surface area is 189 Å². The molecule has 0 aromatic heterocycles. The molecule has 1 aliphatic heterocycles. The molecule has 7 heteroatoms. The van der Waals surface area contributed by atoms with Crippen molar-refractivity contribution in [2.75, 3.05) is 7.11 Å². The summed E-state index contributed by atoms with van der Waals surface area (Å²) in [5, 5.41) is 1.79. The van der Waals surface area contributed by atoms with Gasteiger partial charge in [0.1, 0.15) is 18.4 Å². The van der Waals surface area contributed by atoms with Gasteiger partial charge in [0, 0.05) is 5.56 Å². The molecule has 3 aromatic rings. The van der Waals surface area contributed by atoms with Crippen LogP contribution in [0.5, 0.6) is 5.75 Å². The topological polar surface area (TPSA) is 72.9 Å². The third-order valence-electron chi connectivity index (χ3n) is 5.17. The van der Waals surface area contributed by atoms with Crippen molar-refractivity contribution in [1.29, 1.82) is 0 Å². The van der Waals surface area contributed by atoms with Crippen LogP contribution in [-0.2, 0) is 20.9 Å². The standard InChI is InChI=1S/C25H21NO5S/c1-16(24(28)30-2)26-23(27)22(32-25(26)29)14-20-9-5-6-10-21(20)31-15-17-11-12-18-7-3-4-8-19(18)13-17/h3-14,16H,15H2,1-2H3/b22-14+/t16-/m1/s1. The third kappa shape index (κ3) is 4.38. The van der Waals surface area contributed by atoms with Gasteiger partial charge in [-0.1, -0.05) is 54.6 Å². The first-order chi connectivity index (χ1) is 15.5. The fraction of sp³-hybridized carbons (Fsp3) is 0.160. The lowest BCUT2D eigenvalue weighted by atomic mass is 10.1. The van der Waals surface area contributed by atoms with Crippen LogP contribution < -0.4 is 4.74 Å². The van der Waals surface area contributed by atoms with Gasteiger partial charge in [-0.25, -0.2) is 4.79 Å². The Morgan fingerprint density at radius 2 is 1.75 bits per heavy atom. The SMILES string of the molecule is COC(=O)[C@@H](C)N1C(=O)S/C(=C/c2ccccc2OCc2ccc3ccccc3c2)C1=O. The number of methoxy groups -OCH3 is 1. The van der Waals surface area contributed by atoms with Gasteiger partial charge >= 0.3 is 5.97 Å². The zero-order valence-corrected chi connectivity index (χ0v) is 18.4. The van der Waals surface area contributed by atoms with E-state index in [-0.39, 0.29) is 4.91 Å². The summed E-state index contributed by atoms with van der Waals surface area (Å²) >= 11 is 0.793. The highest BCUT2D eigenvalue weighted by atomic mass is 32.2. The Balaban J connectivity index is 1.54. The molecule has 0 spiro atoms. The predicted octanol–water partition coefficient (Wildman–Crippen LogP) is 5.02. The lowest BCUT2D eigenvalue weighted by molar-refractivity contribution is -0.148. The van der Waals surface area contributed by atoms with Gasteiger partial charge in [-0.3, -0.25) is 14.5 Å². The van der Waals surface area contributed by atoms with E-state index in [4.69, 9.17) is 4.74 Å². The van der Waals surface area contributed by atoms with Crippen molar-refractivity contribution in [3.05, 3.63) is 82.8 Å². The summed E-state index contributed by atoms with van der Waals surface area (Å²) in [6, 6.07) is 20.6. The number of amides is 2. The average Bonchev–Trinajstić information content (AvgIpc) is 3.09. The molecule has 1 aliphatic rings. The fourth-order valence-electron chi connectivity index (χ4n) is 3.45. The van der Waals surface area contributed by atoms with E-state index in [0.29, 0.717) is 17.9 Å². The van der Waals surface area contributed by atoms with Crippen LogP contribution in [0.2, 0.25) is 0 Å². The minimum Gasteiger partial charge on any atom is -0.488 e. The van der Waals surface area contributed by atoms with Gasteiger partial charge in [-0.05, 0) is 53.2 Å². The van der Waals surface area contributed by atoms with Crippen LogP contribution >= 0.6 is 11.8 Å². The number of rotatable bonds is 6. The number of carbonyl (C=O) groups is 3. The van der Waals surface area contributed by atoms with Gasteiger partial charge in [0.15, 0.2) is 0 Å². The maximum absolute atomic E-state index is 12.8. The Morgan fingerprint density at radius 1 is 1.03 bits per heavy atom. The van der Waals surface area contributed by atoms with Crippen molar-refractivity contribution in [3.63, 3.8) is 0 Å². The lowest BCUT2D eigenvalue weighted by Crippen LogP contribution is -2.42. The molecule has 0 bridgehead atoms. The molecule has 6 nitrogen and oxygen atoms in total. The summed E-state index contributed by atoms with van der Waals surface area (Å²) in [6.07, 6.45) is 1.62. The van der Waals surface area contributed by atoms with Crippen LogP contribution in [0.4, 0.5) is 4.79 Å². The van der Waals surface area contributed by atoms with E-state index in [1.807, 2.05) is 42.5 Å². The number of fused-ring (bicyclic) bond motifs is 1. The number of esters is 1. The first kappa shape index (κ1) is 21.6. The molecule has 3 aromatic carbocycles. The summed E-state index contributed by atoms with van der Waals surface area (Å²) in [5.74, 6) is -0.580. The minimum atomic E-state index is -0.988. The molecule has 0 radical (unpaired) electrons. The molecular weight excluding hydrogens is 426 g/mol. The van der Waals surface area contributed by atoms with Gasteiger partial charge in [0.2, 0.25) is 0 Å². The summed E-state index contributed by atoms with van der Waals surface area (Å²) in [7, 11) is 1.22. The Bertz CT molecular complexity index is 1240. The quantitative estimate of drug-likeness (QED) is 0.390. The molecule has 0 unspecified atom stereocenters. The number of thioether (sulfide) groups is 1. The molecule has 2 amide bonds. The maximum atomic E-state index is 12.8. The first-order valence-electron chi connectivity index (χ1n) is 10.0. The molecule has 4 rings (SSSR count). The van der Waals surface area contributed by atoms with Crippen molar-refractivity contribution >= 4 is 45.7 Å². The molecular formula is C25H21NO5S. The molecule has 32 heavy (non-hydrogen) atoms. The normalized spacial score (nSPS) is 15.9. The van der Waals surface area contributed by atoms with E-state index in [1.54, 1.807) is 6.08 Å². The molecule has 162 valence electrons. The summed E-state index contributed by atoms with van der Waals surface area (Å²) in [4.78, 5) is 38.0. The van der Waals surface area contributed by atoms with Gasteiger partial charge in [-0.15, -0.1) is 0 Å². The first-order valence-corrected chi connectivity index (χ1v) is 10.8. The lowest BCUT2D eigenvalue weighted by Gasteiger charge is -2.18. The molecule has 1 fully saturated rings. The van der Waals surface area contributed by atoms with Crippen LogP contribution in [0.15, 0.2) is 71.6 Å². The van der Waals surface area contributed by atoms with Crippen LogP contribution in [0.25, 0.3) is 16.8 Å². The third-order valence-corrected chi connectivity index (χ3v) is 6.05. The largest absolute Gasteiger partial charge is 0.488 e. The van der Waals surface area contributed by atoms with Crippen molar-refractivity contribution in [2.45, 2.75) is 19.6 Å². The highest BCUT2D eigenvalue weighted by molar-refractivity contribution is 8.18. The highest BCUT2D eigenvalue weighted by Crippen LogP contribution is 2.35. The zero-order valence-electron chi connectivity index (χ0n) is 17.6. The number of imide groups is 1. The predicted molar refractivity (Wildman–Crippen MR) is 124 cm³/mol. The van der Waals surface area contributed by atoms with Crippen molar-refractivity contribution in [1.82, 2.24) is 4.90 Å². The second-order valence-corrected chi connectivity index (χ2v) is 8.25. The summed E-state index contributed by atoms with van der Waals surface area (Å²) < 4.78 is 10.7. The van der Waals surface area contributed by atoms with Gasteiger partial charge in [0.25, 0.3) is 11.1 Å². The van der Waals surface area contributed by atoms with Crippen molar-refractivity contribution in [2.24, 2.45) is 0 Å². The highest BCUT2D eigenvalue weighted by Gasteiger charge is 2.41. The van der Waals surface area contributed by atoms with E-state index in [9.17, 15) is 14.4 Å². The van der Waals surface area contributed by atoms with Crippen molar-refractivity contribution in [3.8, 4) is 5.75 Å². The number of hydrogen-bond donors (Lipinski definition) is 0. The molecule has 1 heterocycles. The smallest absolute Gasteiger partial charge is 0.328 e. The molecule has 0 aliphatic carbocycles. The van der Waals surface area contributed by atoms with Gasteiger partial charge < -0.3 is 9.47 Å². The molecule has 0 N–H and O–H groups in total. The number of hydrogen-bond acceptors (Lipinski definition) is 6. The fourth-order valence-corrected chi connectivity index (χ4v) is 4.35. The van der Waals surface area contributed by atoms with Crippen molar-refractivity contribution < 1.29 is 23.9 Å². The van der Waals surface area contributed by atoms with E-state index >= 15 is 0 Å². The van der Waals surface area contributed by atoms with Crippen LogP contribution in [0, 0.1) is 0 Å². The van der Waals surface area contributed by atoms with E-state index in [2.05, 4.69) is 29.0 Å². The zero-order chi connectivity index (χ0) is 22.7. The summed E-state index contributed by atoms with van der Waals surface area (Å²) in [5.41, 5.74) is 1.69. The number of para-hydroxylation sites is 1. The Morgan fingerprint density at radius 3 is 2.53 bits per heavy atom. The second-order valence-electron chi connectivity index (χ2n) is 7.26.